The molecule has 0 aliphatic heterocycles. The number of hydrogen-bond acceptors (Lipinski definition) is 3. The van der Waals surface area contributed by atoms with Crippen molar-refractivity contribution in [1.29, 1.82) is 0 Å². The molecule has 0 aromatic heterocycles. The minimum atomic E-state index is -0.503. The molecule has 1 amide bonds. The van der Waals surface area contributed by atoms with Gasteiger partial charge in [-0.2, -0.15) is 0 Å². The van der Waals surface area contributed by atoms with Gasteiger partial charge in [0.15, 0.2) is 5.96 Å². The van der Waals surface area contributed by atoms with Gasteiger partial charge in [-0.3, -0.25) is 4.99 Å². The second-order valence-electron chi connectivity index (χ2n) is 6.15. The van der Waals surface area contributed by atoms with Crippen LogP contribution >= 0.6 is 0 Å². The molecule has 6 heteroatoms. The molecule has 0 saturated carbocycles. The lowest BCUT2D eigenvalue weighted by molar-refractivity contribution is 0.0493. The number of ether oxygens (including phenoxy) is 1. The molecule has 0 aromatic rings. The standard InChI is InChI=1S/C14H30N4O2/c1-7-8-16-12(15)17-9-11(10(2)3)18-13(19)20-14(4,5)6/h10-11H,7-9H2,1-6H3,(H,18,19)(H3,15,16,17). The van der Waals surface area contributed by atoms with E-state index in [4.69, 9.17) is 10.5 Å². The van der Waals surface area contributed by atoms with Crippen LogP contribution in [-0.4, -0.2) is 36.8 Å². The van der Waals surface area contributed by atoms with E-state index in [-0.39, 0.29) is 12.0 Å². The lowest BCUT2D eigenvalue weighted by atomic mass is 10.1. The number of aliphatic imine (C=N–C) groups is 1. The molecule has 0 heterocycles. The Labute approximate surface area is 122 Å². The van der Waals surface area contributed by atoms with Crippen LogP contribution in [0.1, 0.15) is 48.0 Å². The fourth-order valence-corrected chi connectivity index (χ4v) is 1.39. The fourth-order valence-electron chi connectivity index (χ4n) is 1.39. The molecule has 0 radical (unpaired) electrons. The van der Waals surface area contributed by atoms with Crippen LogP contribution in [0.4, 0.5) is 4.79 Å². The molecule has 0 bridgehead atoms. The third kappa shape index (κ3) is 9.47. The molecule has 1 atom stereocenters. The second-order valence-corrected chi connectivity index (χ2v) is 6.15. The molecule has 118 valence electrons. The van der Waals surface area contributed by atoms with Crippen LogP contribution in [0.15, 0.2) is 4.99 Å². The van der Waals surface area contributed by atoms with E-state index in [1.807, 2.05) is 34.6 Å². The van der Waals surface area contributed by atoms with Crippen molar-refractivity contribution in [3.05, 3.63) is 0 Å². The number of guanidine groups is 1. The van der Waals surface area contributed by atoms with Crippen molar-refractivity contribution < 1.29 is 9.53 Å². The van der Waals surface area contributed by atoms with Crippen LogP contribution in [0.5, 0.6) is 0 Å². The highest BCUT2D eigenvalue weighted by molar-refractivity contribution is 5.77. The summed E-state index contributed by atoms with van der Waals surface area (Å²) < 4.78 is 5.24. The van der Waals surface area contributed by atoms with E-state index >= 15 is 0 Å². The van der Waals surface area contributed by atoms with Gasteiger partial charge in [-0.1, -0.05) is 20.8 Å². The van der Waals surface area contributed by atoms with Gasteiger partial charge in [-0.25, -0.2) is 4.79 Å². The second kappa shape index (κ2) is 8.66. The van der Waals surface area contributed by atoms with Crippen molar-refractivity contribution in [2.75, 3.05) is 13.1 Å². The number of hydrogen-bond donors (Lipinski definition) is 3. The van der Waals surface area contributed by atoms with Gasteiger partial charge in [-0.05, 0) is 33.1 Å². The Morgan fingerprint density at radius 3 is 2.40 bits per heavy atom. The molecule has 0 rings (SSSR count). The summed E-state index contributed by atoms with van der Waals surface area (Å²) in [4.78, 5) is 16.0. The lowest BCUT2D eigenvalue weighted by Crippen LogP contribution is -2.44. The SMILES string of the molecule is CCCNC(N)=NCC(NC(=O)OC(C)(C)C)C(C)C. The van der Waals surface area contributed by atoms with Crippen molar-refractivity contribution in [3.63, 3.8) is 0 Å². The number of nitrogens with two attached hydrogens (primary N) is 1. The van der Waals surface area contributed by atoms with Gasteiger partial charge < -0.3 is 21.1 Å². The van der Waals surface area contributed by atoms with Crippen molar-refractivity contribution >= 4 is 12.1 Å². The van der Waals surface area contributed by atoms with Gasteiger partial charge in [0.05, 0.1) is 12.6 Å². The zero-order chi connectivity index (χ0) is 15.8. The summed E-state index contributed by atoms with van der Waals surface area (Å²) in [5.41, 5.74) is 5.23. The third-order valence-corrected chi connectivity index (χ3v) is 2.52. The Bertz CT molecular complexity index is 322. The monoisotopic (exact) mass is 286 g/mol. The van der Waals surface area contributed by atoms with Gasteiger partial charge in [0.2, 0.25) is 0 Å². The highest BCUT2D eigenvalue weighted by Gasteiger charge is 2.21. The smallest absolute Gasteiger partial charge is 0.407 e. The summed E-state index contributed by atoms with van der Waals surface area (Å²) in [5.74, 6) is 0.647. The number of amides is 1. The molecule has 0 aliphatic carbocycles. The van der Waals surface area contributed by atoms with Crippen molar-refractivity contribution in [2.24, 2.45) is 16.6 Å². The van der Waals surface area contributed by atoms with E-state index in [0.717, 1.165) is 13.0 Å². The largest absolute Gasteiger partial charge is 0.444 e. The molecule has 0 fully saturated rings. The predicted molar refractivity (Wildman–Crippen MR) is 82.8 cm³/mol. The van der Waals surface area contributed by atoms with E-state index in [0.29, 0.717) is 12.5 Å². The summed E-state index contributed by atoms with van der Waals surface area (Å²) in [5, 5.41) is 5.83. The minimum Gasteiger partial charge on any atom is -0.444 e. The Kier molecular flexibility index (Phi) is 8.03. The number of nitrogens with one attached hydrogen (secondary N) is 2. The van der Waals surface area contributed by atoms with Crippen LogP contribution in [0.2, 0.25) is 0 Å². The highest BCUT2D eigenvalue weighted by atomic mass is 16.6. The first kappa shape index (κ1) is 18.5. The van der Waals surface area contributed by atoms with E-state index in [9.17, 15) is 4.79 Å². The van der Waals surface area contributed by atoms with E-state index < -0.39 is 11.7 Å². The number of alkyl carbamates (subject to hydrolysis) is 1. The maximum Gasteiger partial charge on any atom is 0.407 e. The first-order valence-corrected chi connectivity index (χ1v) is 7.19. The molecule has 0 aromatic carbocycles. The van der Waals surface area contributed by atoms with Gasteiger partial charge in [-0.15, -0.1) is 0 Å². The van der Waals surface area contributed by atoms with Crippen molar-refractivity contribution in [3.8, 4) is 0 Å². The average molecular weight is 286 g/mol. The van der Waals surface area contributed by atoms with E-state index in [1.54, 1.807) is 0 Å². The predicted octanol–water partition coefficient (Wildman–Crippen LogP) is 1.85. The fraction of sp³-hybridized carbons (Fsp3) is 0.857. The van der Waals surface area contributed by atoms with Gasteiger partial charge in [0, 0.05) is 6.54 Å². The van der Waals surface area contributed by atoms with Crippen molar-refractivity contribution in [1.82, 2.24) is 10.6 Å². The van der Waals surface area contributed by atoms with Crippen LogP contribution in [0, 0.1) is 5.92 Å². The summed E-state index contributed by atoms with van der Waals surface area (Å²) in [7, 11) is 0. The average Bonchev–Trinajstić information content (AvgIpc) is 2.29. The number of carbonyl (C=O) groups excluding carboxylic acids is 1. The Hall–Kier alpha value is -1.46. The van der Waals surface area contributed by atoms with Crippen LogP contribution < -0.4 is 16.4 Å². The Morgan fingerprint density at radius 1 is 1.35 bits per heavy atom. The maximum atomic E-state index is 11.8. The van der Waals surface area contributed by atoms with E-state index in [1.165, 1.54) is 0 Å². The number of carbonyl (C=O) groups is 1. The zero-order valence-electron chi connectivity index (χ0n) is 13.6. The summed E-state index contributed by atoms with van der Waals surface area (Å²) in [6.07, 6.45) is 0.562. The third-order valence-electron chi connectivity index (χ3n) is 2.52. The van der Waals surface area contributed by atoms with Crippen LogP contribution in [0.3, 0.4) is 0 Å². The molecule has 0 spiro atoms. The molecule has 4 N–H and O–H groups in total. The topological polar surface area (TPSA) is 88.7 Å². The Balaban J connectivity index is 4.41. The molecule has 20 heavy (non-hydrogen) atoms. The normalized spacial score (nSPS) is 14.1. The summed E-state index contributed by atoms with van der Waals surface area (Å²) in [6.45, 7) is 12.8. The molecule has 6 nitrogen and oxygen atoms in total. The molecule has 0 saturated heterocycles. The summed E-state index contributed by atoms with van der Waals surface area (Å²) in [6, 6.07) is -0.105. The first-order chi connectivity index (χ1) is 9.15. The number of nitrogens with zero attached hydrogens (tertiary/aromatic N) is 1. The van der Waals surface area contributed by atoms with Crippen molar-refractivity contribution in [2.45, 2.75) is 59.6 Å². The molecular weight excluding hydrogens is 256 g/mol. The van der Waals surface area contributed by atoms with Gasteiger partial charge >= 0.3 is 6.09 Å². The van der Waals surface area contributed by atoms with Crippen LogP contribution in [-0.2, 0) is 4.74 Å². The lowest BCUT2D eigenvalue weighted by Gasteiger charge is -2.25. The molecule has 1 unspecified atom stereocenters. The van der Waals surface area contributed by atoms with Crippen LogP contribution in [0.25, 0.3) is 0 Å². The van der Waals surface area contributed by atoms with Gasteiger partial charge in [0.25, 0.3) is 0 Å². The Morgan fingerprint density at radius 2 is 1.95 bits per heavy atom. The van der Waals surface area contributed by atoms with E-state index in [2.05, 4.69) is 22.5 Å². The highest BCUT2D eigenvalue weighted by Crippen LogP contribution is 2.08. The minimum absolute atomic E-state index is 0.105. The number of rotatable bonds is 6. The molecular formula is C14H30N4O2. The zero-order valence-corrected chi connectivity index (χ0v) is 13.6. The van der Waals surface area contributed by atoms with Gasteiger partial charge in [0.1, 0.15) is 5.60 Å². The first-order valence-electron chi connectivity index (χ1n) is 7.19. The summed E-state index contributed by atoms with van der Waals surface area (Å²) >= 11 is 0. The maximum absolute atomic E-state index is 11.8. The molecule has 0 aliphatic rings. The quantitative estimate of drug-likeness (QED) is 0.513.